The molecule has 2 aromatic rings. The van der Waals surface area contributed by atoms with Crippen LogP contribution >= 0.6 is 22.9 Å². The van der Waals surface area contributed by atoms with Crippen molar-refractivity contribution in [3.63, 3.8) is 0 Å². The minimum Gasteiger partial charge on any atom is -0.478 e. The first-order valence-electron chi connectivity index (χ1n) is 6.62. The van der Waals surface area contributed by atoms with Gasteiger partial charge in [-0.2, -0.15) is 0 Å². The molecule has 0 saturated heterocycles. The molecule has 0 aliphatic rings. The predicted molar refractivity (Wildman–Crippen MR) is 89.8 cm³/mol. The summed E-state index contributed by atoms with van der Waals surface area (Å²) in [6, 6.07) is 6.92. The molecule has 0 atom stereocenters. The molecule has 0 unspecified atom stereocenters. The molecule has 0 spiro atoms. The topological polar surface area (TPSA) is 66.4 Å². The monoisotopic (exact) mass is 337 g/mol. The highest BCUT2D eigenvalue weighted by molar-refractivity contribution is 7.15. The Morgan fingerprint density at radius 1 is 1.18 bits per heavy atom. The number of benzene rings is 1. The fourth-order valence-corrected chi connectivity index (χ4v) is 2.88. The van der Waals surface area contributed by atoms with E-state index in [9.17, 15) is 14.7 Å². The van der Waals surface area contributed by atoms with Gasteiger partial charge in [0.05, 0.1) is 0 Å². The lowest BCUT2D eigenvalue weighted by atomic mass is 9.95. The van der Waals surface area contributed by atoms with E-state index in [1.54, 1.807) is 50.4 Å². The van der Waals surface area contributed by atoms with Gasteiger partial charge in [0.1, 0.15) is 10.6 Å². The van der Waals surface area contributed by atoms with Gasteiger partial charge in [-0.1, -0.05) is 44.5 Å². The lowest BCUT2D eigenvalue weighted by molar-refractivity contribution is -0.123. The lowest BCUT2D eigenvalue weighted by Gasteiger charge is -2.17. The molecular weight excluding hydrogens is 322 g/mol. The van der Waals surface area contributed by atoms with Crippen molar-refractivity contribution in [3.8, 4) is 11.1 Å². The summed E-state index contributed by atoms with van der Waals surface area (Å²) < 4.78 is 0. The maximum absolute atomic E-state index is 12.1. The number of carboxylic acids is 1. The van der Waals surface area contributed by atoms with Crippen molar-refractivity contribution in [1.82, 2.24) is 0 Å². The van der Waals surface area contributed by atoms with Crippen LogP contribution < -0.4 is 5.32 Å². The maximum Gasteiger partial charge on any atom is 0.339 e. The fourth-order valence-electron chi connectivity index (χ4n) is 1.79. The summed E-state index contributed by atoms with van der Waals surface area (Å²) in [6.07, 6.45) is 0. The van der Waals surface area contributed by atoms with E-state index >= 15 is 0 Å². The van der Waals surface area contributed by atoms with Gasteiger partial charge in [-0.25, -0.2) is 4.79 Å². The molecule has 2 N–H and O–H groups in total. The smallest absolute Gasteiger partial charge is 0.339 e. The number of carbonyl (C=O) groups is 2. The third kappa shape index (κ3) is 3.48. The predicted octanol–water partition coefficient (Wildman–Crippen LogP) is 4.75. The van der Waals surface area contributed by atoms with Crippen LogP contribution in [0.2, 0.25) is 5.02 Å². The van der Waals surface area contributed by atoms with Gasteiger partial charge in [-0.05, 0) is 17.7 Å². The Kier molecular flexibility index (Phi) is 4.58. The molecule has 1 amide bonds. The molecule has 1 heterocycles. The van der Waals surface area contributed by atoms with Crippen LogP contribution in [-0.2, 0) is 4.79 Å². The van der Waals surface area contributed by atoms with Gasteiger partial charge in [-0.15, -0.1) is 11.3 Å². The number of hydrogen-bond acceptors (Lipinski definition) is 3. The Hall–Kier alpha value is -1.85. The molecule has 0 fully saturated rings. The summed E-state index contributed by atoms with van der Waals surface area (Å²) in [6.45, 7) is 5.32. The Labute approximate surface area is 137 Å². The second kappa shape index (κ2) is 6.10. The van der Waals surface area contributed by atoms with Crippen LogP contribution in [-0.4, -0.2) is 17.0 Å². The van der Waals surface area contributed by atoms with Crippen LogP contribution in [0.3, 0.4) is 0 Å². The average molecular weight is 338 g/mol. The molecule has 0 aliphatic heterocycles. The highest BCUT2D eigenvalue weighted by Crippen LogP contribution is 2.36. The second-order valence-corrected chi connectivity index (χ2v) is 7.19. The highest BCUT2D eigenvalue weighted by atomic mass is 35.5. The summed E-state index contributed by atoms with van der Waals surface area (Å²) in [5, 5.41) is 14.9. The Morgan fingerprint density at radius 2 is 1.77 bits per heavy atom. The van der Waals surface area contributed by atoms with Gasteiger partial charge in [-0.3, -0.25) is 4.79 Å². The van der Waals surface area contributed by atoms with E-state index in [-0.39, 0.29) is 11.5 Å². The zero-order valence-corrected chi connectivity index (χ0v) is 14.0. The van der Waals surface area contributed by atoms with E-state index in [0.717, 1.165) is 5.56 Å². The molecule has 0 aliphatic carbocycles. The zero-order chi connectivity index (χ0) is 16.5. The number of nitrogens with one attached hydrogen (secondary N) is 1. The van der Waals surface area contributed by atoms with Crippen molar-refractivity contribution in [2.75, 3.05) is 5.32 Å². The molecule has 4 nitrogen and oxygen atoms in total. The van der Waals surface area contributed by atoms with Gasteiger partial charge >= 0.3 is 5.97 Å². The largest absolute Gasteiger partial charge is 0.478 e. The Morgan fingerprint density at radius 3 is 2.27 bits per heavy atom. The van der Waals surface area contributed by atoms with Crippen molar-refractivity contribution < 1.29 is 14.7 Å². The molecule has 1 aromatic carbocycles. The van der Waals surface area contributed by atoms with Crippen molar-refractivity contribution in [2.45, 2.75) is 20.8 Å². The van der Waals surface area contributed by atoms with E-state index in [2.05, 4.69) is 5.32 Å². The van der Waals surface area contributed by atoms with Crippen LogP contribution in [0.4, 0.5) is 5.00 Å². The standard InChI is InChI=1S/C16H16ClNO3S/c1-16(2,3)15(21)18-13-12(14(19)20)11(8-22-13)9-4-6-10(17)7-5-9/h4-8H,1-3H3,(H,18,21)(H,19,20). The van der Waals surface area contributed by atoms with Gasteiger partial charge < -0.3 is 10.4 Å². The number of carbonyl (C=O) groups excluding carboxylic acids is 1. The van der Waals surface area contributed by atoms with Gasteiger partial charge in [0.2, 0.25) is 5.91 Å². The zero-order valence-electron chi connectivity index (χ0n) is 12.4. The normalized spacial score (nSPS) is 11.3. The minimum atomic E-state index is -1.07. The number of hydrogen-bond donors (Lipinski definition) is 2. The van der Waals surface area contributed by atoms with Gasteiger partial charge in [0.25, 0.3) is 0 Å². The van der Waals surface area contributed by atoms with Crippen molar-refractivity contribution in [1.29, 1.82) is 0 Å². The van der Waals surface area contributed by atoms with E-state index in [1.807, 2.05) is 0 Å². The van der Waals surface area contributed by atoms with Crippen molar-refractivity contribution in [2.24, 2.45) is 5.41 Å². The molecule has 0 saturated carbocycles. The number of anilines is 1. The molecule has 116 valence electrons. The maximum atomic E-state index is 12.1. The number of thiophene rings is 1. The molecule has 2 rings (SSSR count). The quantitative estimate of drug-likeness (QED) is 0.849. The van der Waals surface area contributed by atoms with E-state index in [4.69, 9.17) is 11.6 Å². The summed E-state index contributed by atoms with van der Waals surface area (Å²) in [5.41, 5.74) is 0.817. The molecule has 0 bridgehead atoms. The van der Waals surface area contributed by atoms with Crippen LogP contribution in [0.5, 0.6) is 0 Å². The number of amides is 1. The van der Waals surface area contributed by atoms with Crippen LogP contribution in [0, 0.1) is 5.41 Å². The molecule has 6 heteroatoms. The second-order valence-electron chi connectivity index (χ2n) is 5.87. The molecular formula is C16H16ClNO3S. The van der Waals surface area contributed by atoms with Crippen LogP contribution in [0.15, 0.2) is 29.6 Å². The Balaban J connectivity index is 2.44. The highest BCUT2D eigenvalue weighted by Gasteiger charge is 2.26. The first-order valence-corrected chi connectivity index (χ1v) is 7.88. The fraction of sp³-hybridized carbons (Fsp3) is 0.250. The molecule has 1 aromatic heterocycles. The van der Waals surface area contributed by atoms with E-state index < -0.39 is 11.4 Å². The minimum absolute atomic E-state index is 0.102. The van der Waals surface area contributed by atoms with E-state index in [0.29, 0.717) is 15.6 Å². The SMILES string of the molecule is CC(C)(C)C(=O)Nc1scc(-c2ccc(Cl)cc2)c1C(=O)O. The van der Waals surface area contributed by atoms with Gasteiger partial charge in [0.15, 0.2) is 0 Å². The molecule has 0 radical (unpaired) electrons. The summed E-state index contributed by atoms with van der Waals surface area (Å²) in [5.74, 6) is -1.30. The van der Waals surface area contributed by atoms with Crippen LogP contribution in [0.1, 0.15) is 31.1 Å². The number of rotatable bonds is 3. The Bertz CT molecular complexity index is 714. The number of halogens is 1. The summed E-state index contributed by atoms with van der Waals surface area (Å²) in [4.78, 5) is 23.7. The lowest BCUT2D eigenvalue weighted by Crippen LogP contribution is -2.27. The summed E-state index contributed by atoms with van der Waals surface area (Å²) in [7, 11) is 0. The summed E-state index contributed by atoms with van der Waals surface area (Å²) >= 11 is 7.06. The van der Waals surface area contributed by atoms with Crippen molar-refractivity contribution >= 4 is 39.8 Å². The first-order chi connectivity index (χ1) is 10.2. The average Bonchev–Trinajstić information content (AvgIpc) is 2.82. The van der Waals surface area contributed by atoms with Crippen LogP contribution in [0.25, 0.3) is 11.1 Å². The van der Waals surface area contributed by atoms with E-state index in [1.165, 1.54) is 11.3 Å². The third-order valence-electron chi connectivity index (χ3n) is 3.07. The third-order valence-corrected chi connectivity index (χ3v) is 4.22. The number of carboxylic acid groups (broad SMARTS) is 1. The van der Waals surface area contributed by atoms with Gasteiger partial charge in [0, 0.05) is 21.4 Å². The molecule has 22 heavy (non-hydrogen) atoms. The first kappa shape index (κ1) is 16.5. The number of aromatic carboxylic acids is 1. The van der Waals surface area contributed by atoms with Crippen molar-refractivity contribution in [3.05, 3.63) is 40.2 Å².